The molecule has 22 heavy (non-hydrogen) atoms. The van der Waals surface area contributed by atoms with E-state index in [0.717, 1.165) is 0 Å². The van der Waals surface area contributed by atoms with Crippen LogP contribution in [0.2, 0.25) is 0 Å². The lowest BCUT2D eigenvalue weighted by atomic mass is 10.1. The van der Waals surface area contributed by atoms with Crippen LogP contribution in [0.25, 0.3) is 0 Å². The molecule has 0 bridgehead atoms. The van der Waals surface area contributed by atoms with Gasteiger partial charge in [-0.1, -0.05) is 0 Å². The van der Waals surface area contributed by atoms with Crippen molar-refractivity contribution in [3.05, 3.63) is 0 Å². The summed E-state index contributed by atoms with van der Waals surface area (Å²) in [6.07, 6.45) is 0.337. The van der Waals surface area contributed by atoms with E-state index < -0.39 is 5.60 Å². The van der Waals surface area contributed by atoms with Crippen molar-refractivity contribution in [1.82, 2.24) is 10.2 Å². The van der Waals surface area contributed by atoms with Crippen LogP contribution in [-0.2, 0) is 9.47 Å². The van der Waals surface area contributed by atoms with E-state index >= 15 is 0 Å². The molecule has 2 unspecified atom stereocenters. The van der Waals surface area contributed by atoms with Crippen molar-refractivity contribution in [1.29, 1.82) is 0 Å². The number of aliphatic hydroxyl groups excluding tert-OH is 2. The first kappa shape index (κ1) is 19.2. The molecule has 0 aromatic rings. The van der Waals surface area contributed by atoms with Gasteiger partial charge in [-0.05, 0) is 34.1 Å². The lowest BCUT2D eigenvalue weighted by molar-refractivity contribution is -0.0360. The Hall–Kier alpha value is -0.890. The van der Waals surface area contributed by atoms with Gasteiger partial charge in [-0.25, -0.2) is 4.79 Å². The van der Waals surface area contributed by atoms with Crippen molar-refractivity contribution < 1.29 is 24.5 Å². The first-order chi connectivity index (χ1) is 10.3. The Bertz CT molecular complexity index is 341. The van der Waals surface area contributed by atoms with E-state index in [2.05, 4.69) is 5.32 Å². The normalized spacial score (nSPS) is 21.0. The molecular weight excluding hydrogens is 288 g/mol. The van der Waals surface area contributed by atoms with Gasteiger partial charge < -0.3 is 29.9 Å². The zero-order valence-corrected chi connectivity index (χ0v) is 14.0. The summed E-state index contributed by atoms with van der Waals surface area (Å²) < 4.78 is 10.9. The van der Waals surface area contributed by atoms with E-state index in [1.165, 1.54) is 0 Å². The topological polar surface area (TPSA) is 91.3 Å². The lowest BCUT2D eigenvalue weighted by Crippen LogP contribution is -2.53. The second kappa shape index (κ2) is 8.67. The van der Waals surface area contributed by atoms with Gasteiger partial charge in [0.2, 0.25) is 0 Å². The number of ether oxygens (including phenoxy) is 2. The molecule has 1 fully saturated rings. The van der Waals surface area contributed by atoms with Crippen LogP contribution in [0, 0.1) is 0 Å². The maximum Gasteiger partial charge on any atom is 0.410 e. The van der Waals surface area contributed by atoms with Crippen LogP contribution < -0.4 is 5.32 Å². The molecule has 1 heterocycles. The molecule has 1 saturated heterocycles. The van der Waals surface area contributed by atoms with Crippen molar-refractivity contribution in [2.24, 2.45) is 0 Å². The van der Waals surface area contributed by atoms with Gasteiger partial charge in [-0.15, -0.1) is 0 Å². The van der Waals surface area contributed by atoms with Gasteiger partial charge >= 0.3 is 6.09 Å². The lowest BCUT2D eigenvalue weighted by Gasteiger charge is -2.38. The summed E-state index contributed by atoms with van der Waals surface area (Å²) in [5.41, 5.74) is -0.525. The van der Waals surface area contributed by atoms with Crippen molar-refractivity contribution in [3.8, 4) is 0 Å². The molecule has 0 aliphatic carbocycles. The quantitative estimate of drug-likeness (QED) is 0.654. The maximum absolute atomic E-state index is 12.3. The van der Waals surface area contributed by atoms with E-state index in [1.54, 1.807) is 4.90 Å². The van der Waals surface area contributed by atoms with Crippen LogP contribution >= 0.6 is 0 Å². The highest BCUT2D eigenvalue weighted by molar-refractivity contribution is 5.68. The van der Waals surface area contributed by atoms with Gasteiger partial charge in [0, 0.05) is 12.6 Å². The predicted molar refractivity (Wildman–Crippen MR) is 82.7 cm³/mol. The highest BCUT2D eigenvalue weighted by atomic mass is 16.6. The molecular formula is C15H30N2O5. The van der Waals surface area contributed by atoms with E-state index in [0.29, 0.717) is 26.2 Å². The predicted octanol–water partition coefficient (Wildman–Crippen LogP) is 0.344. The summed E-state index contributed by atoms with van der Waals surface area (Å²) >= 11 is 0. The first-order valence-corrected chi connectivity index (χ1v) is 7.82. The molecule has 1 aliphatic heterocycles. The number of morpholine rings is 1. The zero-order valence-electron chi connectivity index (χ0n) is 14.0. The second-order valence-corrected chi connectivity index (χ2v) is 6.77. The van der Waals surface area contributed by atoms with Crippen LogP contribution in [0.15, 0.2) is 0 Å². The Morgan fingerprint density at radius 2 is 2.05 bits per heavy atom. The van der Waals surface area contributed by atoms with E-state index in [4.69, 9.17) is 19.7 Å². The summed E-state index contributed by atoms with van der Waals surface area (Å²) in [4.78, 5) is 14.0. The summed E-state index contributed by atoms with van der Waals surface area (Å²) in [5.74, 6) is 0. The fourth-order valence-corrected chi connectivity index (χ4v) is 2.45. The van der Waals surface area contributed by atoms with E-state index in [9.17, 15) is 4.79 Å². The van der Waals surface area contributed by atoms with Crippen LogP contribution in [0.3, 0.4) is 0 Å². The molecule has 0 spiro atoms. The SMILES string of the molecule is CC(CC1COCCN1C(=O)OC(C)(C)C)NC(CO)CO. The molecule has 0 radical (unpaired) electrons. The third-order valence-corrected chi connectivity index (χ3v) is 3.44. The fourth-order valence-electron chi connectivity index (χ4n) is 2.45. The number of carbonyl (C=O) groups is 1. The zero-order chi connectivity index (χ0) is 16.8. The largest absolute Gasteiger partial charge is 0.444 e. The summed E-state index contributed by atoms with van der Waals surface area (Å²) in [7, 11) is 0. The van der Waals surface area contributed by atoms with Crippen molar-refractivity contribution in [3.63, 3.8) is 0 Å². The number of rotatable bonds is 6. The number of aliphatic hydroxyl groups is 2. The average molecular weight is 318 g/mol. The molecule has 0 saturated carbocycles. The summed E-state index contributed by atoms with van der Waals surface area (Å²) in [5, 5.41) is 21.4. The van der Waals surface area contributed by atoms with Crippen LogP contribution in [0.4, 0.5) is 4.79 Å². The van der Waals surface area contributed by atoms with Crippen LogP contribution in [0.5, 0.6) is 0 Å². The summed E-state index contributed by atoms with van der Waals surface area (Å²) in [6.45, 7) is 8.72. The molecule has 130 valence electrons. The second-order valence-electron chi connectivity index (χ2n) is 6.77. The number of amides is 1. The molecule has 7 nitrogen and oxygen atoms in total. The van der Waals surface area contributed by atoms with Gasteiger partial charge in [-0.2, -0.15) is 0 Å². The van der Waals surface area contributed by atoms with Gasteiger partial charge in [-0.3, -0.25) is 0 Å². The first-order valence-electron chi connectivity index (χ1n) is 7.82. The number of carbonyl (C=O) groups excluding carboxylic acids is 1. The van der Waals surface area contributed by atoms with Gasteiger partial charge in [0.15, 0.2) is 0 Å². The third kappa shape index (κ3) is 6.48. The number of nitrogens with one attached hydrogen (secondary N) is 1. The van der Waals surface area contributed by atoms with Crippen molar-refractivity contribution in [2.75, 3.05) is 33.0 Å². The summed E-state index contributed by atoms with van der Waals surface area (Å²) in [6, 6.07) is -0.403. The fraction of sp³-hybridized carbons (Fsp3) is 0.933. The third-order valence-electron chi connectivity index (χ3n) is 3.44. The molecule has 1 amide bonds. The highest BCUT2D eigenvalue weighted by Crippen LogP contribution is 2.17. The Balaban J connectivity index is 2.59. The van der Waals surface area contributed by atoms with Gasteiger partial charge in [0.1, 0.15) is 5.60 Å². The standard InChI is InChI=1S/C15H30N2O5/c1-11(16-12(8-18)9-19)7-13-10-21-6-5-17(13)14(20)22-15(2,3)4/h11-13,16,18-19H,5-10H2,1-4H3. The minimum absolute atomic E-state index is 0.0286. The van der Waals surface area contributed by atoms with Crippen molar-refractivity contribution in [2.45, 2.75) is 57.8 Å². The molecule has 1 rings (SSSR count). The number of nitrogens with zero attached hydrogens (tertiary/aromatic N) is 1. The number of hydrogen-bond donors (Lipinski definition) is 3. The molecule has 2 atom stereocenters. The Kier molecular flexibility index (Phi) is 7.55. The smallest absolute Gasteiger partial charge is 0.410 e. The Morgan fingerprint density at radius 3 is 2.59 bits per heavy atom. The molecule has 0 aromatic heterocycles. The maximum atomic E-state index is 12.3. The van der Waals surface area contributed by atoms with E-state index in [1.807, 2.05) is 27.7 Å². The highest BCUT2D eigenvalue weighted by Gasteiger charge is 2.32. The Labute approximate surface area is 132 Å². The molecule has 7 heteroatoms. The monoisotopic (exact) mass is 318 g/mol. The van der Waals surface area contributed by atoms with Gasteiger partial charge in [0.25, 0.3) is 0 Å². The van der Waals surface area contributed by atoms with Crippen molar-refractivity contribution >= 4 is 6.09 Å². The molecule has 0 aromatic carbocycles. The van der Waals surface area contributed by atoms with Gasteiger partial charge in [0.05, 0.1) is 38.5 Å². The minimum Gasteiger partial charge on any atom is -0.444 e. The van der Waals surface area contributed by atoms with Crippen LogP contribution in [-0.4, -0.2) is 77.9 Å². The molecule has 3 N–H and O–H groups in total. The Morgan fingerprint density at radius 1 is 1.41 bits per heavy atom. The minimum atomic E-state index is -0.525. The molecule has 1 aliphatic rings. The van der Waals surface area contributed by atoms with Crippen LogP contribution in [0.1, 0.15) is 34.1 Å². The van der Waals surface area contributed by atoms with E-state index in [-0.39, 0.29) is 37.4 Å². The average Bonchev–Trinajstić information content (AvgIpc) is 2.43. The number of hydrogen-bond acceptors (Lipinski definition) is 6.